The number of imide groups is 1. The summed E-state index contributed by atoms with van der Waals surface area (Å²) in [7, 11) is 0. The third-order valence-electron chi connectivity index (χ3n) is 7.50. The van der Waals surface area contributed by atoms with Crippen LogP contribution in [-0.4, -0.2) is 63.9 Å². The number of carbonyl (C=O) groups excluding carboxylic acids is 2. The van der Waals surface area contributed by atoms with Crippen molar-refractivity contribution in [2.75, 3.05) is 19.6 Å². The first kappa shape index (κ1) is 17.2. The monoisotopic (exact) mass is 367 g/mol. The minimum absolute atomic E-state index is 0.0134. The standard InChI is InChI=1S/C22H29N3O2/c1-2-24-21(27)25(19-14-16-6-3-4-7-17(16)15-19)20(26)22(24)10-12-23(13-11-22)18-8-5-9-18/h3-4,6-7,18-19H,2,5,8-15H2,1H3. The smallest absolute Gasteiger partial charge is 0.310 e. The number of urea groups is 1. The van der Waals surface area contributed by atoms with Crippen molar-refractivity contribution in [3.05, 3.63) is 35.4 Å². The van der Waals surface area contributed by atoms with E-state index in [0.29, 0.717) is 12.6 Å². The van der Waals surface area contributed by atoms with Gasteiger partial charge in [0.05, 0.1) is 0 Å². The maximum Gasteiger partial charge on any atom is 0.327 e. The van der Waals surface area contributed by atoms with Crippen molar-refractivity contribution in [2.45, 2.75) is 69.5 Å². The number of benzene rings is 1. The van der Waals surface area contributed by atoms with E-state index in [2.05, 4.69) is 17.0 Å². The second-order valence-corrected chi connectivity index (χ2v) is 8.69. The molecule has 1 aromatic carbocycles. The van der Waals surface area contributed by atoms with Crippen LogP contribution in [0.3, 0.4) is 0 Å². The van der Waals surface area contributed by atoms with E-state index in [9.17, 15) is 9.59 Å². The van der Waals surface area contributed by atoms with E-state index < -0.39 is 5.54 Å². The molecule has 5 rings (SSSR count). The molecule has 1 aromatic rings. The summed E-state index contributed by atoms with van der Waals surface area (Å²) in [6.07, 6.45) is 7.11. The zero-order valence-corrected chi connectivity index (χ0v) is 16.2. The number of rotatable bonds is 3. The Labute approximate surface area is 161 Å². The number of hydrogen-bond acceptors (Lipinski definition) is 3. The highest BCUT2D eigenvalue weighted by atomic mass is 16.2. The molecule has 1 saturated carbocycles. The molecule has 0 bridgehead atoms. The van der Waals surface area contributed by atoms with E-state index in [0.717, 1.165) is 38.8 Å². The highest BCUT2D eigenvalue weighted by molar-refractivity contribution is 6.07. The molecular weight excluding hydrogens is 338 g/mol. The molecule has 0 atom stereocenters. The molecule has 5 heteroatoms. The minimum Gasteiger partial charge on any atom is -0.310 e. The van der Waals surface area contributed by atoms with Crippen LogP contribution in [0.25, 0.3) is 0 Å². The largest absolute Gasteiger partial charge is 0.327 e. The second kappa shape index (κ2) is 6.33. The van der Waals surface area contributed by atoms with Gasteiger partial charge < -0.3 is 9.80 Å². The third kappa shape index (κ3) is 2.47. The van der Waals surface area contributed by atoms with E-state index in [1.807, 2.05) is 24.0 Å². The summed E-state index contributed by atoms with van der Waals surface area (Å²) >= 11 is 0. The maximum absolute atomic E-state index is 13.6. The van der Waals surface area contributed by atoms with Gasteiger partial charge >= 0.3 is 6.03 Å². The van der Waals surface area contributed by atoms with Gasteiger partial charge in [0, 0.05) is 31.7 Å². The van der Waals surface area contributed by atoms with Crippen LogP contribution in [0.5, 0.6) is 0 Å². The lowest BCUT2D eigenvalue weighted by molar-refractivity contribution is -0.137. The van der Waals surface area contributed by atoms with Crippen molar-refractivity contribution in [3.63, 3.8) is 0 Å². The number of nitrogens with zero attached hydrogens (tertiary/aromatic N) is 3. The average Bonchev–Trinajstić information content (AvgIpc) is 3.13. The van der Waals surface area contributed by atoms with Crippen molar-refractivity contribution in [1.29, 1.82) is 0 Å². The fourth-order valence-electron chi connectivity index (χ4n) is 5.71. The summed E-state index contributed by atoms with van der Waals surface area (Å²) in [4.78, 5) is 32.9. The van der Waals surface area contributed by atoms with Gasteiger partial charge in [-0.2, -0.15) is 0 Å². The van der Waals surface area contributed by atoms with Crippen molar-refractivity contribution in [1.82, 2.24) is 14.7 Å². The predicted molar refractivity (Wildman–Crippen MR) is 103 cm³/mol. The van der Waals surface area contributed by atoms with Gasteiger partial charge in [-0.1, -0.05) is 30.7 Å². The van der Waals surface area contributed by atoms with Crippen LogP contribution in [0.2, 0.25) is 0 Å². The summed E-state index contributed by atoms with van der Waals surface area (Å²) in [5.41, 5.74) is 1.97. The molecular formula is C22H29N3O2. The zero-order chi connectivity index (χ0) is 18.6. The van der Waals surface area contributed by atoms with Crippen molar-refractivity contribution in [3.8, 4) is 0 Å². The number of piperidine rings is 1. The van der Waals surface area contributed by atoms with Gasteiger partial charge in [0.2, 0.25) is 0 Å². The molecule has 27 heavy (non-hydrogen) atoms. The molecule has 144 valence electrons. The summed E-state index contributed by atoms with van der Waals surface area (Å²) in [5, 5.41) is 0. The number of fused-ring (bicyclic) bond motifs is 1. The Morgan fingerprint density at radius 1 is 1.00 bits per heavy atom. The van der Waals surface area contributed by atoms with E-state index in [1.54, 1.807) is 4.90 Å². The Bertz CT molecular complexity index is 740. The van der Waals surface area contributed by atoms with Gasteiger partial charge in [-0.15, -0.1) is 0 Å². The number of hydrogen-bond donors (Lipinski definition) is 0. The lowest BCUT2D eigenvalue weighted by Gasteiger charge is -2.46. The summed E-state index contributed by atoms with van der Waals surface area (Å²) in [5.74, 6) is 0.0698. The fraction of sp³-hybridized carbons (Fsp3) is 0.636. The molecule has 0 aromatic heterocycles. The van der Waals surface area contributed by atoms with E-state index in [-0.39, 0.29) is 18.0 Å². The van der Waals surface area contributed by atoms with E-state index >= 15 is 0 Å². The van der Waals surface area contributed by atoms with Gasteiger partial charge in [-0.25, -0.2) is 4.79 Å². The minimum atomic E-state index is -0.596. The molecule has 0 radical (unpaired) electrons. The van der Waals surface area contributed by atoms with Gasteiger partial charge in [-0.3, -0.25) is 9.69 Å². The normalized spacial score (nSPS) is 26.1. The number of likely N-dealkylation sites (tertiary alicyclic amines) is 1. The van der Waals surface area contributed by atoms with Crippen LogP contribution in [-0.2, 0) is 17.6 Å². The van der Waals surface area contributed by atoms with Gasteiger partial charge in [0.15, 0.2) is 0 Å². The van der Waals surface area contributed by atoms with Crippen LogP contribution in [0, 0.1) is 0 Å². The quantitative estimate of drug-likeness (QED) is 0.772. The zero-order valence-electron chi connectivity index (χ0n) is 16.2. The highest BCUT2D eigenvalue weighted by Gasteiger charge is 2.59. The molecule has 1 spiro atoms. The molecule has 2 heterocycles. The topological polar surface area (TPSA) is 43.9 Å². The molecule has 2 saturated heterocycles. The number of amides is 3. The molecule has 2 aliphatic carbocycles. The molecule has 5 nitrogen and oxygen atoms in total. The first-order valence-corrected chi connectivity index (χ1v) is 10.6. The van der Waals surface area contributed by atoms with Crippen LogP contribution in [0.1, 0.15) is 50.2 Å². The van der Waals surface area contributed by atoms with Gasteiger partial charge in [-0.05, 0) is 56.6 Å². The second-order valence-electron chi connectivity index (χ2n) is 8.69. The number of carbonyl (C=O) groups is 2. The molecule has 0 N–H and O–H groups in total. The number of likely N-dealkylation sites (N-methyl/N-ethyl adjacent to an activating group) is 1. The van der Waals surface area contributed by atoms with Gasteiger partial charge in [0.1, 0.15) is 5.54 Å². The van der Waals surface area contributed by atoms with Crippen molar-refractivity contribution < 1.29 is 9.59 Å². The Hall–Kier alpha value is -1.88. The van der Waals surface area contributed by atoms with E-state index in [1.165, 1.54) is 30.4 Å². The van der Waals surface area contributed by atoms with Gasteiger partial charge in [0.25, 0.3) is 5.91 Å². The van der Waals surface area contributed by atoms with Crippen LogP contribution in [0.15, 0.2) is 24.3 Å². The highest BCUT2D eigenvalue weighted by Crippen LogP contribution is 2.41. The lowest BCUT2D eigenvalue weighted by atomic mass is 9.82. The lowest BCUT2D eigenvalue weighted by Crippen LogP contribution is -2.58. The third-order valence-corrected chi connectivity index (χ3v) is 7.50. The Balaban J connectivity index is 1.38. The molecule has 3 amide bonds. The first-order valence-electron chi connectivity index (χ1n) is 10.6. The fourth-order valence-corrected chi connectivity index (χ4v) is 5.71. The van der Waals surface area contributed by atoms with Crippen molar-refractivity contribution >= 4 is 11.9 Å². The average molecular weight is 367 g/mol. The summed E-state index contributed by atoms with van der Waals surface area (Å²) in [6, 6.07) is 8.99. The summed E-state index contributed by atoms with van der Waals surface area (Å²) < 4.78 is 0. The molecule has 2 aliphatic heterocycles. The maximum atomic E-state index is 13.6. The molecule has 3 fully saturated rings. The Kier molecular flexibility index (Phi) is 4.04. The Morgan fingerprint density at radius 3 is 2.15 bits per heavy atom. The molecule has 0 unspecified atom stereocenters. The van der Waals surface area contributed by atoms with Crippen LogP contribution in [0.4, 0.5) is 4.79 Å². The Morgan fingerprint density at radius 2 is 1.63 bits per heavy atom. The SMILES string of the molecule is CCN1C(=O)N(C2Cc3ccccc3C2)C(=O)C12CCN(C1CCC1)CC2. The van der Waals surface area contributed by atoms with Crippen molar-refractivity contribution in [2.24, 2.45) is 0 Å². The summed E-state index contributed by atoms with van der Waals surface area (Å²) in [6.45, 7) is 4.51. The first-order chi connectivity index (χ1) is 13.1. The molecule has 4 aliphatic rings. The predicted octanol–water partition coefficient (Wildman–Crippen LogP) is 2.83. The van der Waals surface area contributed by atoms with E-state index in [4.69, 9.17) is 0 Å². The van der Waals surface area contributed by atoms with Crippen LogP contribution < -0.4 is 0 Å². The van der Waals surface area contributed by atoms with Crippen LogP contribution >= 0.6 is 0 Å².